The van der Waals surface area contributed by atoms with Crippen LogP contribution in [0.4, 0.5) is 10.5 Å². The molecule has 0 spiro atoms. The summed E-state index contributed by atoms with van der Waals surface area (Å²) in [7, 11) is 0. The minimum absolute atomic E-state index is 0.0929. The average molecular weight is 409 g/mol. The van der Waals surface area contributed by atoms with Gasteiger partial charge in [-0.05, 0) is 51.2 Å². The van der Waals surface area contributed by atoms with Crippen molar-refractivity contribution in [3.05, 3.63) is 59.9 Å². The number of nitrogens with one attached hydrogen (secondary N) is 1. The number of aromatic carboxylic acids is 1. The van der Waals surface area contributed by atoms with E-state index in [1.807, 2.05) is 49.1 Å². The lowest BCUT2D eigenvalue weighted by Gasteiger charge is -2.38. The van der Waals surface area contributed by atoms with Crippen LogP contribution < -0.4 is 5.32 Å². The molecule has 1 amide bonds. The molecule has 0 bridgehead atoms. The van der Waals surface area contributed by atoms with Crippen LogP contribution in [0.15, 0.2) is 48.8 Å². The van der Waals surface area contributed by atoms with Crippen LogP contribution in [-0.2, 0) is 4.74 Å². The molecular formula is C23H27N3O4. The third-order valence-electron chi connectivity index (χ3n) is 6.11. The number of hydrogen-bond donors (Lipinski definition) is 2. The van der Waals surface area contributed by atoms with Gasteiger partial charge in [0.2, 0.25) is 0 Å². The molecule has 7 nitrogen and oxygen atoms in total. The van der Waals surface area contributed by atoms with Gasteiger partial charge in [0, 0.05) is 18.3 Å². The number of cyclic esters (lactones) is 1. The molecule has 4 rings (SSSR count). The van der Waals surface area contributed by atoms with Gasteiger partial charge in [-0.15, -0.1) is 0 Å². The molecule has 7 heteroatoms. The second kappa shape index (κ2) is 7.97. The zero-order valence-electron chi connectivity index (χ0n) is 17.2. The van der Waals surface area contributed by atoms with Crippen LogP contribution in [-0.4, -0.2) is 44.7 Å². The summed E-state index contributed by atoms with van der Waals surface area (Å²) >= 11 is 0. The number of amides is 1. The van der Waals surface area contributed by atoms with E-state index >= 15 is 0 Å². The number of benzene rings is 1. The highest BCUT2D eigenvalue weighted by molar-refractivity contribution is 5.93. The van der Waals surface area contributed by atoms with Gasteiger partial charge >= 0.3 is 12.1 Å². The highest BCUT2D eigenvalue weighted by Crippen LogP contribution is 2.44. The van der Waals surface area contributed by atoms with Gasteiger partial charge in [-0.3, -0.25) is 9.88 Å². The molecule has 1 aliphatic heterocycles. The quantitative estimate of drug-likeness (QED) is 0.757. The Labute approximate surface area is 176 Å². The number of nitrogens with zero attached hydrogens (tertiary/aromatic N) is 2. The van der Waals surface area contributed by atoms with Crippen molar-refractivity contribution in [3.63, 3.8) is 0 Å². The third kappa shape index (κ3) is 3.84. The lowest BCUT2D eigenvalue weighted by molar-refractivity contribution is 0.0662. The van der Waals surface area contributed by atoms with E-state index in [9.17, 15) is 14.7 Å². The Morgan fingerprint density at radius 3 is 2.53 bits per heavy atom. The number of rotatable bonds is 5. The minimum Gasteiger partial charge on any atom is -0.478 e. The topological polar surface area (TPSA) is 91.8 Å². The average Bonchev–Trinajstić information content (AvgIpc) is 2.97. The maximum absolute atomic E-state index is 12.8. The fourth-order valence-electron chi connectivity index (χ4n) is 4.75. The lowest BCUT2D eigenvalue weighted by atomic mass is 9.86. The van der Waals surface area contributed by atoms with Crippen molar-refractivity contribution in [2.75, 3.05) is 5.32 Å². The largest absolute Gasteiger partial charge is 0.478 e. The Morgan fingerprint density at radius 2 is 1.87 bits per heavy atom. The first kappa shape index (κ1) is 20.2. The van der Waals surface area contributed by atoms with E-state index in [-0.39, 0.29) is 29.8 Å². The first-order valence-corrected chi connectivity index (χ1v) is 10.4. The molecule has 0 radical (unpaired) electrons. The number of anilines is 1. The van der Waals surface area contributed by atoms with Gasteiger partial charge in [0.05, 0.1) is 23.5 Å². The number of ether oxygens (including phenoxy) is 1. The van der Waals surface area contributed by atoms with E-state index in [4.69, 9.17) is 4.74 Å². The van der Waals surface area contributed by atoms with Gasteiger partial charge in [0.25, 0.3) is 0 Å². The third-order valence-corrected chi connectivity index (χ3v) is 6.11. The van der Waals surface area contributed by atoms with Crippen LogP contribution in [0.1, 0.15) is 61.5 Å². The van der Waals surface area contributed by atoms with Gasteiger partial charge in [0.1, 0.15) is 5.60 Å². The summed E-state index contributed by atoms with van der Waals surface area (Å²) < 4.78 is 5.74. The SMILES string of the molecule is CC1(C)OC(=O)N(C2CCC(Nc3cnccc3C(=O)O)CC2)C1c1ccccc1. The molecule has 30 heavy (non-hydrogen) atoms. The molecule has 1 saturated heterocycles. The molecule has 2 aliphatic rings. The van der Waals surface area contributed by atoms with Crippen molar-refractivity contribution in [2.45, 2.75) is 63.3 Å². The Hall–Kier alpha value is -3.09. The normalized spacial score (nSPS) is 25.6. The van der Waals surface area contributed by atoms with E-state index in [1.54, 1.807) is 6.20 Å². The second-order valence-electron chi connectivity index (χ2n) is 8.57. The van der Waals surface area contributed by atoms with Crippen molar-refractivity contribution in [1.82, 2.24) is 9.88 Å². The van der Waals surface area contributed by atoms with Crippen molar-refractivity contribution >= 4 is 17.7 Å². The monoisotopic (exact) mass is 409 g/mol. The van der Waals surface area contributed by atoms with E-state index < -0.39 is 11.6 Å². The number of aromatic nitrogens is 1. The Kier molecular flexibility index (Phi) is 5.37. The zero-order chi connectivity index (χ0) is 21.3. The number of hydrogen-bond acceptors (Lipinski definition) is 5. The highest BCUT2D eigenvalue weighted by Gasteiger charge is 2.51. The fraction of sp³-hybridized carbons (Fsp3) is 0.435. The molecule has 2 aromatic rings. The van der Waals surface area contributed by atoms with Crippen LogP contribution in [0.25, 0.3) is 0 Å². The first-order chi connectivity index (χ1) is 14.4. The van der Waals surface area contributed by atoms with Crippen LogP contribution in [0.5, 0.6) is 0 Å². The van der Waals surface area contributed by atoms with E-state index in [1.165, 1.54) is 12.3 Å². The molecule has 158 valence electrons. The summed E-state index contributed by atoms with van der Waals surface area (Å²) in [5.74, 6) is -0.971. The predicted molar refractivity (Wildman–Crippen MR) is 112 cm³/mol. The van der Waals surface area contributed by atoms with Gasteiger partial charge in [-0.25, -0.2) is 9.59 Å². The molecule has 1 aliphatic carbocycles. The number of carbonyl (C=O) groups excluding carboxylic acids is 1. The molecule has 2 heterocycles. The summed E-state index contributed by atoms with van der Waals surface area (Å²) in [4.78, 5) is 30.2. The first-order valence-electron chi connectivity index (χ1n) is 10.4. The summed E-state index contributed by atoms with van der Waals surface area (Å²) in [5.41, 5.74) is 1.24. The second-order valence-corrected chi connectivity index (χ2v) is 8.57. The fourth-order valence-corrected chi connectivity index (χ4v) is 4.75. The molecule has 1 unspecified atom stereocenters. The number of pyridine rings is 1. The lowest BCUT2D eigenvalue weighted by Crippen LogP contribution is -2.44. The Balaban J connectivity index is 1.47. The van der Waals surface area contributed by atoms with Crippen molar-refractivity contribution in [2.24, 2.45) is 0 Å². The van der Waals surface area contributed by atoms with Gasteiger partial charge in [-0.2, -0.15) is 0 Å². The van der Waals surface area contributed by atoms with Gasteiger partial charge in [0.15, 0.2) is 0 Å². The van der Waals surface area contributed by atoms with Crippen LogP contribution in [0.2, 0.25) is 0 Å². The molecule has 1 atom stereocenters. The van der Waals surface area contributed by atoms with E-state index in [0.29, 0.717) is 5.69 Å². The molecule has 1 aromatic carbocycles. The van der Waals surface area contributed by atoms with Crippen molar-refractivity contribution in [1.29, 1.82) is 0 Å². The standard InChI is InChI=1S/C23H27N3O4/c1-23(2)20(15-6-4-3-5-7-15)26(22(29)30-23)17-10-8-16(9-11-17)25-19-14-24-13-12-18(19)21(27)28/h3-7,12-14,16-17,20,25H,8-11H2,1-2H3,(H,27,28). The maximum atomic E-state index is 12.8. The zero-order valence-corrected chi connectivity index (χ0v) is 17.2. The van der Waals surface area contributed by atoms with Crippen LogP contribution >= 0.6 is 0 Å². The highest BCUT2D eigenvalue weighted by atomic mass is 16.6. The number of carbonyl (C=O) groups is 2. The molecule has 2 N–H and O–H groups in total. The summed E-state index contributed by atoms with van der Waals surface area (Å²) in [6.07, 6.45) is 6.11. The number of carboxylic acids is 1. The van der Waals surface area contributed by atoms with Crippen molar-refractivity contribution in [3.8, 4) is 0 Å². The van der Waals surface area contributed by atoms with Gasteiger partial charge in [-0.1, -0.05) is 30.3 Å². The van der Waals surface area contributed by atoms with Crippen LogP contribution in [0.3, 0.4) is 0 Å². The smallest absolute Gasteiger partial charge is 0.411 e. The predicted octanol–water partition coefficient (Wildman–Crippen LogP) is 4.48. The molecule has 1 aromatic heterocycles. The van der Waals surface area contributed by atoms with E-state index in [2.05, 4.69) is 10.3 Å². The number of carboxylic acid groups (broad SMARTS) is 1. The molecule has 1 saturated carbocycles. The molecule has 2 fully saturated rings. The Morgan fingerprint density at radius 1 is 1.17 bits per heavy atom. The minimum atomic E-state index is -0.971. The molecular weight excluding hydrogens is 382 g/mol. The van der Waals surface area contributed by atoms with Gasteiger partial charge < -0.3 is 15.2 Å². The van der Waals surface area contributed by atoms with E-state index in [0.717, 1.165) is 31.2 Å². The Bertz CT molecular complexity index is 923. The van der Waals surface area contributed by atoms with Crippen LogP contribution in [0, 0.1) is 0 Å². The summed E-state index contributed by atoms with van der Waals surface area (Å²) in [5, 5.41) is 12.7. The summed E-state index contributed by atoms with van der Waals surface area (Å²) in [6, 6.07) is 11.7. The summed E-state index contributed by atoms with van der Waals surface area (Å²) in [6.45, 7) is 3.93. The van der Waals surface area contributed by atoms with Crippen molar-refractivity contribution < 1.29 is 19.4 Å². The maximum Gasteiger partial charge on any atom is 0.411 e.